The molecule has 3 saturated carbocycles. The molecular formula is C51H82O22. The molecule has 0 bridgehead atoms. The van der Waals surface area contributed by atoms with E-state index >= 15 is 0 Å². The van der Waals surface area contributed by atoms with Crippen LogP contribution in [0.25, 0.3) is 0 Å². The fourth-order valence-electron chi connectivity index (χ4n) is 14.6. The van der Waals surface area contributed by atoms with E-state index in [9.17, 15) is 66.4 Å². The zero-order valence-electron chi connectivity index (χ0n) is 42.5. The lowest BCUT2D eigenvalue weighted by molar-refractivity contribution is -0.393. The highest BCUT2D eigenvalue weighted by atomic mass is 16.8. The topological polar surface area (TPSA) is 346 Å². The fourth-order valence-corrected chi connectivity index (χ4v) is 14.6. The summed E-state index contributed by atoms with van der Waals surface area (Å²) in [5, 5.41) is 139. The quantitative estimate of drug-likeness (QED) is 0.0882. The van der Waals surface area contributed by atoms with Gasteiger partial charge in [-0.3, -0.25) is 0 Å². The lowest BCUT2D eigenvalue weighted by Crippen LogP contribution is -2.67. The number of fused-ring (bicyclic) bond motifs is 7. The predicted molar refractivity (Wildman–Crippen MR) is 249 cm³/mol. The molecule has 418 valence electrons. The van der Waals surface area contributed by atoms with E-state index in [4.69, 9.17) is 42.6 Å². The van der Waals surface area contributed by atoms with E-state index in [0.29, 0.717) is 36.9 Å². The van der Waals surface area contributed by atoms with Gasteiger partial charge in [-0.2, -0.15) is 0 Å². The van der Waals surface area contributed by atoms with E-state index in [-0.39, 0.29) is 41.3 Å². The van der Waals surface area contributed by atoms with Gasteiger partial charge in [0.15, 0.2) is 25.2 Å². The van der Waals surface area contributed by atoms with E-state index < -0.39 is 148 Å². The van der Waals surface area contributed by atoms with Crippen molar-refractivity contribution in [3.63, 3.8) is 0 Å². The molecule has 0 aromatic heterocycles. The molecule has 0 aromatic rings. The first-order chi connectivity index (χ1) is 34.4. The van der Waals surface area contributed by atoms with Gasteiger partial charge in [-0.1, -0.05) is 32.4 Å². The van der Waals surface area contributed by atoms with Crippen LogP contribution in [0, 0.1) is 40.4 Å². The molecule has 0 radical (unpaired) electrons. The third kappa shape index (κ3) is 10.0. The third-order valence-electron chi connectivity index (χ3n) is 18.9. The van der Waals surface area contributed by atoms with Crippen molar-refractivity contribution >= 4 is 0 Å². The van der Waals surface area contributed by atoms with Crippen molar-refractivity contribution in [1.29, 1.82) is 0 Å². The van der Waals surface area contributed by atoms with Gasteiger partial charge in [0, 0.05) is 5.92 Å². The van der Waals surface area contributed by atoms with Crippen LogP contribution in [0.5, 0.6) is 0 Å². The van der Waals surface area contributed by atoms with Crippen molar-refractivity contribution in [3.05, 3.63) is 23.5 Å². The Kier molecular flexibility index (Phi) is 16.6. The first-order valence-corrected chi connectivity index (χ1v) is 26.5. The highest BCUT2D eigenvalue weighted by molar-refractivity contribution is 5.29. The highest BCUT2D eigenvalue weighted by Crippen LogP contribution is 2.70. The summed E-state index contributed by atoms with van der Waals surface area (Å²) in [6, 6.07) is 0. The number of hydrogen-bond acceptors (Lipinski definition) is 22. The first-order valence-electron chi connectivity index (χ1n) is 26.5. The van der Waals surface area contributed by atoms with Gasteiger partial charge < -0.3 is 109 Å². The third-order valence-corrected chi connectivity index (χ3v) is 18.9. The molecule has 73 heavy (non-hydrogen) atoms. The Morgan fingerprint density at radius 3 is 1.86 bits per heavy atom. The molecule has 0 amide bonds. The Balaban J connectivity index is 0.875. The Morgan fingerprint density at radius 1 is 0.658 bits per heavy atom. The van der Waals surface area contributed by atoms with E-state index in [2.05, 4.69) is 19.9 Å². The number of aliphatic hydroxyl groups is 13. The number of aliphatic hydroxyl groups excluding tert-OH is 12. The predicted octanol–water partition coefficient (Wildman–Crippen LogP) is -2.06. The molecule has 5 aliphatic heterocycles. The molecular weight excluding hydrogens is 965 g/mol. The second-order valence-electron chi connectivity index (χ2n) is 23.5. The monoisotopic (exact) mass is 1050 g/mol. The van der Waals surface area contributed by atoms with E-state index in [0.717, 1.165) is 32.1 Å². The molecule has 5 saturated heterocycles. The summed E-state index contributed by atoms with van der Waals surface area (Å²) >= 11 is 0. The molecule has 0 spiro atoms. The van der Waals surface area contributed by atoms with Crippen LogP contribution in [0.1, 0.15) is 92.9 Å². The van der Waals surface area contributed by atoms with Crippen molar-refractivity contribution in [2.24, 2.45) is 40.4 Å². The summed E-state index contributed by atoms with van der Waals surface area (Å²) in [6.45, 7) is 10.3. The van der Waals surface area contributed by atoms with Crippen molar-refractivity contribution < 1.29 is 109 Å². The van der Waals surface area contributed by atoms with E-state index in [1.165, 1.54) is 19.4 Å². The van der Waals surface area contributed by atoms with Crippen molar-refractivity contribution in [3.8, 4) is 0 Å². The Hall–Kier alpha value is -1.56. The molecule has 30 atom stereocenters. The van der Waals surface area contributed by atoms with Crippen LogP contribution in [0.2, 0.25) is 0 Å². The molecule has 9 aliphatic rings. The number of allylic oxidation sites excluding steroid dienone is 2. The maximum absolute atomic E-state index is 12.4. The van der Waals surface area contributed by atoms with Gasteiger partial charge in [-0.15, -0.1) is 0 Å². The smallest absolute Gasteiger partial charge is 0.187 e. The molecule has 5 heterocycles. The van der Waals surface area contributed by atoms with Gasteiger partial charge in [0.1, 0.15) is 103 Å². The molecule has 8 fully saturated rings. The van der Waals surface area contributed by atoms with Crippen molar-refractivity contribution in [1.82, 2.24) is 0 Å². The number of rotatable bonds is 13. The standard InChI is InChI=1S/C51H82O22/c1-20(19-65-45-39(61)38(60)34(56)29(17-52)70-45)7-10-31-51(6,64)44-28(69-31)16-27-25-9-8-23-15-24(11-13-49(23,4)26(25)12-14-50(27,44)5)68-48-43(73-47-41(63)37(59)33(55)22(3)67-47)42(35(57)30(18-53)71-48)72-46-40(62)36(58)32(54)21(2)66-46/h8,10,20-22,24-30,32-48,52-64H,7,9,11-19H2,1-6H3/b31-10-/t20?,21-,22-,24-,25+,26-,27-,28-,29+,30+,32-,33-,34+,35+,36+,37+,38-,39+,40+,41+,42-,43+,44-,45+,46-,47-,48+,49-,50-,51+/m0/s1. The Bertz CT molecular complexity index is 1960. The zero-order chi connectivity index (χ0) is 52.8. The van der Waals surface area contributed by atoms with Gasteiger partial charge in [0.2, 0.25) is 0 Å². The first kappa shape index (κ1) is 56.2. The SMILES string of the molecule is CC(C/C=C1\O[C@H]2C[C@H]3[C@@H]4CC=C5C[C@@H](O[C@@H]6O[C@H](CO)[C@@H](O)[C@H](O[C@@H]7O[C@@H](C)[C@H](O)[C@@H](O)[C@H]7O)[C@H]6O[C@@H]6O[C@@H](C)[C@H](O)[C@@H](O)[C@H]6O)CC[C@]5(C)[C@H]4CC[C@]3(C)[C@H]2[C@]1(C)O)CO[C@@H]1O[C@H](CO)[C@@H](O)[C@H](O)[C@H]1O. The zero-order valence-corrected chi connectivity index (χ0v) is 42.5. The van der Waals surface area contributed by atoms with Gasteiger partial charge in [0.05, 0.1) is 38.1 Å². The summed E-state index contributed by atoms with van der Waals surface area (Å²) in [6.07, 6.45) is -19.7. The number of hydrogen-bond donors (Lipinski definition) is 13. The highest BCUT2D eigenvalue weighted by Gasteiger charge is 2.69. The average molecular weight is 1050 g/mol. The minimum atomic E-state index is -1.78. The molecule has 9 rings (SSSR count). The maximum atomic E-state index is 12.4. The Labute approximate surface area is 425 Å². The summed E-state index contributed by atoms with van der Waals surface area (Å²) in [5.74, 6) is 1.27. The van der Waals surface area contributed by atoms with Crippen molar-refractivity contribution in [2.75, 3.05) is 19.8 Å². The molecule has 22 heteroatoms. The van der Waals surface area contributed by atoms with Crippen molar-refractivity contribution in [2.45, 2.75) is 234 Å². The van der Waals surface area contributed by atoms with Crippen LogP contribution < -0.4 is 0 Å². The largest absolute Gasteiger partial charge is 0.492 e. The molecule has 0 aromatic carbocycles. The molecule has 22 nitrogen and oxygen atoms in total. The summed E-state index contributed by atoms with van der Waals surface area (Å²) in [5.41, 5.74) is -0.368. The van der Waals surface area contributed by atoms with Gasteiger partial charge >= 0.3 is 0 Å². The minimum Gasteiger partial charge on any atom is -0.492 e. The second kappa shape index (κ2) is 21.6. The average Bonchev–Trinajstić information content (AvgIpc) is 3.82. The Morgan fingerprint density at radius 2 is 1.23 bits per heavy atom. The lowest BCUT2D eigenvalue weighted by atomic mass is 9.46. The maximum Gasteiger partial charge on any atom is 0.187 e. The normalized spacial score (nSPS) is 54.9. The summed E-state index contributed by atoms with van der Waals surface area (Å²) < 4.78 is 54.9. The van der Waals surface area contributed by atoms with Crippen LogP contribution in [0.4, 0.5) is 0 Å². The van der Waals surface area contributed by atoms with Gasteiger partial charge in [-0.25, -0.2) is 0 Å². The number of ether oxygens (including phenoxy) is 9. The van der Waals surface area contributed by atoms with Gasteiger partial charge in [0.25, 0.3) is 0 Å². The van der Waals surface area contributed by atoms with E-state index in [1.54, 1.807) is 0 Å². The minimum absolute atomic E-state index is 0.100. The van der Waals surface area contributed by atoms with Crippen LogP contribution >= 0.6 is 0 Å². The fraction of sp³-hybridized carbons (Fsp3) is 0.922. The van der Waals surface area contributed by atoms with Crippen LogP contribution in [-0.4, -0.2) is 227 Å². The van der Waals surface area contributed by atoms with Gasteiger partial charge in [-0.05, 0) is 113 Å². The lowest BCUT2D eigenvalue weighted by Gasteiger charge is -2.58. The van der Waals surface area contributed by atoms with E-state index in [1.807, 2.05) is 19.9 Å². The molecule has 1 unspecified atom stereocenters. The summed E-state index contributed by atoms with van der Waals surface area (Å²) in [7, 11) is 0. The molecule has 4 aliphatic carbocycles. The van der Waals surface area contributed by atoms with Crippen LogP contribution in [-0.2, 0) is 42.6 Å². The summed E-state index contributed by atoms with van der Waals surface area (Å²) in [4.78, 5) is 0. The van der Waals surface area contributed by atoms with Crippen LogP contribution in [0.15, 0.2) is 23.5 Å². The second-order valence-corrected chi connectivity index (χ2v) is 23.5. The molecule has 13 N–H and O–H groups in total. The van der Waals surface area contributed by atoms with Crippen LogP contribution in [0.3, 0.4) is 0 Å².